The molecule has 0 aromatic heterocycles. The van der Waals surface area contributed by atoms with Gasteiger partial charge in [-0.1, -0.05) is 23.2 Å². The van der Waals surface area contributed by atoms with E-state index in [9.17, 15) is 4.79 Å². The number of carbonyl (C=O) groups is 1. The number of rotatable bonds is 1. The van der Waals surface area contributed by atoms with E-state index in [4.69, 9.17) is 28.6 Å². The van der Waals surface area contributed by atoms with Crippen molar-refractivity contribution < 1.29 is 4.79 Å². The first kappa shape index (κ1) is 14.0. The van der Waals surface area contributed by atoms with Gasteiger partial charge in [-0.2, -0.15) is 0 Å². The Labute approximate surface area is 131 Å². The normalized spacial score (nSPS) is 24.5. The molecule has 3 rings (SSSR count). The fourth-order valence-electron chi connectivity index (χ4n) is 2.60. The first-order valence-electron chi connectivity index (χ1n) is 6.14. The number of thioether (sulfide) groups is 1. The van der Waals surface area contributed by atoms with Crippen LogP contribution in [0.2, 0.25) is 10.0 Å². The average molecular weight is 330 g/mol. The van der Waals surface area contributed by atoms with Crippen molar-refractivity contribution in [2.45, 2.75) is 24.8 Å². The monoisotopic (exact) mass is 329 g/mol. The number of anilines is 1. The summed E-state index contributed by atoms with van der Waals surface area (Å²) in [6, 6.07) is 4.63. The SMILES string of the molecule is CC1(C)SCC2C(=N)N(c3ccc(Cl)c(Cl)c3)C(=O)N21. The van der Waals surface area contributed by atoms with Crippen molar-refractivity contribution in [3.05, 3.63) is 28.2 Å². The molecule has 2 aliphatic heterocycles. The highest BCUT2D eigenvalue weighted by molar-refractivity contribution is 8.00. The molecule has 4 nitrogen and oxygen atoms in total. The van der Waals surface area contributed by atoms with Gasteiger partial charge in [-0.25, -0.2) is 9.69 Å². The molecular weight excluding hydrogens is 317 g/mol. The molecule has 0 spiro atoms. The quantitative estimate of drug-likeness (QED) is 0.844. The van der Waals surface area contributed by atoms with E-state index < -0.39 is 0 Å². The Hall–Kier alpha value is -0.910. The zero-order chi connectivity index (χ0) is 14.7. The van der Waals surface area contributed by atoms with Crippen LogP contribution in [0.15, 0.2) is 18.2 Å². The molecule has 0 aliphatic carbocycles. The molecule has 2 fully saturated rings. The molecule has 2 aliphatic rings. The van der Waals surface area contributed by atoms with Crippen LogP contribution >= 0.6 is 35.0 Å². The van der Waals surface area contributed by atoms with E-state index in [1.54, 1.807) is 34.9 Å². The third kappa shape index (κ3) is 1.91. The van der Waals surface area contributed by atoms with E-state index >= 15 is 0 Å². The Morgan fingerprint density at radius 3 is 2.65 bits per heavy atom. The van der Waals surface area contributed by atoms with E-state index in [1.165, 1.54) is 4.90 Å². The van der Waals surface area contributed by atoms with Crippen molar-refractivity contribution in [2.75, 3.05) is 10.7 Å². The van der Waals surface area contributed by atoms with Crippen LogP contribution in [-0.4, -0.2) is 33.4 Å². The molecule has 7 heteroatoms. The number of benzene rings is 1. The van der Waals surface area contributed by atoms with Gasteiger partial charge in [0.15, 0.2) is 0 Å². The number of hydrogen-bond donors (Lipinski definition) is 1. The third-order valence-electron chi connectivity index (χ3n) is 3.60. The Morgan fingerprint density at radius 2 is 2.05 bits per heavy atom. The first-order chi connectivity index (χ1) is 9.33. The minimum Gasteiger partial charge on any atom is -0.299 e. The van der Waals surface area contributed by atoms with Crippen LogP contribution in [0.25, 0.3) is 0 Å². The summed E-state index contributed by atoms with van der Waals surface area (Å²) in [6.45, 7) is 4.00. The van der Waals surface area contributed by atoms with Crippen molar-refractivity contribution >= 4 is 52.5 Å². The molecule has 0 saturated carbocycles. The number of nitrogens with zero attached hydrogens (tertiary/aromatic N) is 2. The van der Waals surface area contributed by atoms with Crippen LogP contribution in [0, 0.1) is 5.41 Å². The number of halogens is 2. The van der Waals surface area contributed by atoms with Gasteiger partial charge < -0.3 is 0 Å². The van der Waals surface area contributed by atoms with Gasteiger partial charge in [0, 0.05) is 5.75 Å². The summed E-state index contributed by atoms with van der Waals surface area (Å²) in [5.41, 5.74) is 0.588. The molecule has 2 heterocycles. The van der Waals surface area contributed by atoms with Crippen LogP contribution in [0.3, 0.4) is 0 Å². The summed E-state index contributed by atoms with van der Waals surface area (Å²) in [6.07, 6.45) is 0. The Kier molecular flexibility index (Phi) is 3.19. The van der Waals surface area contributed by atoms with Gasteiger partial charge in [0.1, 0.15) is 11.9 Å². The van der Waals surface area contributed by atoms with Crippen LogP contribution < -0.4 is 4.90 Å². The largest absolute Gasteiger partial charge is 0.331 e. The van der Waals surface area contributed by atoms with E-state index in [2.05, 4.69) is 0 Å². The second kappa shape index (κ2) is 4.55. The summed E-state index contributed by atoms with van der Waals surface area (Å²) in [7, 11) is 0. The molecule has 0 bridgehead atoms. The molecule has 1 N–H and O–H groups in total. The summed E-state index contributed by atoms with van der Waals surface area (Å²) in [4.78, 5) is 15.5. The summed E-state index contributed by atoms with van der Waals surface area (Å²) in [5, 5.41) is 9.09. The highest BCUT2D eigenvalue weighted by Gasteiger charge is 2.54. The number of fused-ring (bicyclic) bond motifs is 1. The highest BCUT2D eigenvalue weighted by atomic mass is 35.5. The molecule has 1 aromatic rings. The lowest BCUT2D eigenvalue weighted by atomic mass is 10.2. The van der Waals surface area contributed by atoms with Gasteiger partial charge in [-0.05, 0) is 32.0 Å². The van der Waals surface area contributed by atoms with Crippen molar-refractivity contribution in [2.24, 2.45) is 0 Å². The Morgan fingerprint density at radius 1 is 1.35 bits per heavy atom. The van der Waals surface area contributed by atoms with E-state index in [0.29, 0.717) is 21.6 Å². The van der Waals surface area contributed by atoms with E-state index in [0.717, 1.165) is 5.75 Å². The lowest BCUT2D eigenvalue weighted by Crippen LogP contribution is -2.43. The predicted octanol–water partition coefficient (Wildman–Crippen LogP) is 4.06. The fraction of sp³-hybridized carbons (Fsp3) is 0.385. The molecule has 1 unspecified atom stereocenters. The van der Waals surface area contributed by atoms with Crippen molar-refractivity contribution in [1.29, 1.82) is 5.41 Å². The Balaban J connectivity index is 2.02. The maximum absolute atomic E-state index is 12.6. The smallest absolute Gasteiger partial charge is 0.299 e. The number of amides is 2. The van der Waals surface area contributed by atoms with Gasteiger partial charge >= 0.3 is 6.03 Å². The molecule has 0 radical (unpaired) electrons. The van der Waals surface area contributed by atoms with Gasteiger partial charge in [-0.3, -0.25) is 10.3 Å². The number of hydrogen-bond acceptors (Lipinski definition) is 3. The molecule has 20 heavy (non-hydrogen) atoms. The van der Waals surface area contributed by atoms with Gasteiger partial charge in [-0.15, -0.1) is 11.8 Å². The van der Waals surface area contributed by atoms with E-state index in [-0.39, 0.29) is 16.9 Å². The number of amidine groups is 1. The minimum atomic E-state index is -0.293. The average Bonchev–Trinajstić information content (AvgIpc) is 2.81. The van der Waals surface area contributed by atoms with Gasteiger partial charge in [0.05, 0.1) is 20.6 Å². The van der Waals surface area contributed by atoms with Gasteiger partial charge in [0.2, 0.25) is 0 Å². The first-order valence-corrected chi connectivity index (χ1v) is 7.88. The Bertz CT molecular complexity index is 620. The number of urea groups is 1. The van der Waals surface area contributed by atoms with Crippen molar-refractivity contribution in [3.63, 3.8) is 0 Å². The maximum Gasteiger partial charge on any atom is 0.331 e. The third-order valence-corrected chi connectivity index (χ3v) is 5.73. The summed E-state index contributed by atoms with van der Waals surface area (Å²) >= 11 is 13.6. The zero-order valence-electron chi connectivity index (χ0n) is 11.0. The summed E-state index contributed by atoms with van der Waals surface area (Å²) in [5.74, 6) is 1.04. The molecular formula is C13H13Cl2N3OS. The predicted molar refractivity (Wildman–Crippen MR) is 84.2 cm³/mol. The lowest BCUT2D eigenvalue weighted by Gasteiger charge is -2.29. The number of nitrogens with one attached hydrogen (secondary N) is 1. The molecule has 2 amide bonds. The van der Waals surface area contributed by atoms with Crippen LogP contribution in [0.1, 0.15) is 13.8 Å². The van der Waals surface area contributed by atoms with Crippen LogP contribution in [0.5, 0.6) is 0 Å². The second-order valence-corrected chi connectivity index (χ2v) is 7.68. The van der Waals surface area contributed by atoms with Crippen molar-refractivity contribution in [1.82, 2.24) is 4.90 Å². The van der Waals surface area contributed by atoms with Crippen LogP contribution in [-0.2, 0) is 0 Å². The zero-order valence-corrected chi connectivity index (χ0v) is 13.3. The van der Waals surface area contributed by atoms with Crippen LogP contribution in [0.4, 0.5) is 10.5 Å². The topological polar surface area (TPSA) is 47.4 Å². The number of carbonyl (C=O) groups excluding carboxylic acids is 1. The second-order valence-electron chi connectivity index (χ2n) is 5.25. The molecule has 2 saturated heterocycles. The fourth-order valence-corrected chi connectivity index (χ4v) is 4.11. The summed E-state index contributed by atoms with van der Waals surface area (Å²) < 4.78 is 0. The molecule has 1 atom stereocenters. The van der Waals surface area contributed by atoms with Crippen molar-refractivity contribution in [3.8, 4) is 0 Å². The molecule has 1 aromatic carbocycles. The maximum atomic E-state index is 12.6. The lowest BCUT2D eigenvalue weighted by molar-refractivity contribution is 0.193. The standard InChI is InChI=1S/C13H13Cl2N3OS/c1-13(2)18-10(6-20-13)11(16)17(12(18)19)7-3-4-8(14)9(15)5-7/h3-5,10,16H,6H2,1-2H3. The highest BCUT2D eigenvalue weighted by Crippen LogP contribution is 2.44. The molecule has 106 valence electrons. The van der Waals surface area contributed by atoms with E-state index in [1.807, 2.05) is 13.8 Å². The van der Waals surface area contributed by atoms with Gasteiger partial charge in [0.25, 0.3) is 0 Å². The minimum absolute atomic E-state index is 0.169.